The minimum absolute atomic E-state index is 0.0930. The fourth-order valence-corrected chi connectivity index (χ4v) is 4.48. The van der Waals surface area contributed by atoms with Gasteiger partial charge in [0.05, 0.1) is 28.3 Å². The van der Waals surface area contributed by atoms with E-state index >= 15 is 0 Å². The molecule has 0 spiro atoms. The van der Waals surface area contributed by atoms with Crippen LogP contribution < -0.4 is 10.1 Å². The second-order valence-electron chi connectivity index (χ2n) is 8.10. The Bertz CT molecular complexity index is 1340. The van der Waals surface area contributed by atoms with Gasteiger partial charge in [-0.1, -0.05) is 47.5 Å². The van der Waals surface area contributed by atoms with Crippen LogP contribution in [0.2, 0.25) is 10.0 Å². The van der Waals surface area contributed by atoms with Crippen molar-refractivity contribution in [2.75, 3.05) is 7.11 Å². The molecule has 0 bridgehead atoms. The van der Waals surface area contributed by atoms with E-state index in [0.29, 0.717) is 22.3 Å². The number of carboxylic acids is 2. The monoisotopic (exact) mass is 551 g/mol. The maximum absolute atomic E-state index is 13.2. The summed E-state index contributed by atoms with van der Waals surface area (Å²) in [5.41, 5.74) is 1.81. The maximum atomic E-state index is 13.2. The lowest BCUT2D eigenvalue weighted by atomic mass is 9.95. The first-order chi connectivity index (χ1) is 17.4. The summed E-state index contributed by atoms with van der Waals surface area (Å²) >= 11 is 12.1. The molecule has 0 aliphatic heterocycles. The van der Waals surface area contributed by atoms with Crippen molar-refractivity contribution in [1.82, 2.24) is 5.32 Å². The van der Waals surface area contributed by atoms with Crippen LogP contribution in [0.1, 0.15) is 43.8 Å². The summed E-state index contributed by atoms with van der Waals surface area (Å²) in [6.07, 6.45) is -2.74. The Hall–Kier alpha value is -3.69. The number of carboxylic acid groups (broad SMARTS) is 2. The quantitative estimate of drug-likeness (QED) is 0.299. The largest absolute Gasteiger partial charge is 0.496 e. The van der Waals surface area contributed by atoms with Crippen LogP contribution >= 0.6 is 23.2 Å². The van der Waals surface area contributed by atoms with Crippen LogP contribution in [0.4, 0.5) is 8.78 Å². The van der Waals surface area contributed by atoms with E-state index in [0.717, 1.165) is 12.1 Å². The van der Waals surface area contributed by atoms with Crippen molar-refractivity contribution in [2.24, 2.45) is 0 Å². The zero-order valence-corrected chi connectivity index (χ0v) is 21.0. The summed E-state index contributed by atoms with van der Waals surface area (Å²) in [5.74, 6) is -3.20. The topological polar surface area (TPSA) is 113 Å². The second-order valence-corrected chi connectivity index (χ2v) is 8.92. The van der Waals surface area contributed by atoms with Crippen molar-refractivity contribution in [3.63, 3.8) is 0 Å². The van der Waals surface area contributed by atoms with Gasteiger partial charge < -0.3 is 20.3 Å². The summed E-state index contributed by atoms with van der Waals surface area (Å²) in [5, 5.41) is 20.6. The third kappa shape index (κ3) is 6.36. The highest BCUT2D eigenvalue weighted by Gasteiger charge is 2.25. The van der Waals surface area contributed by atoms with Gasteiger partial charge in [0.25, 0.3) is 12.3 Å². The fraction of sp³-hybridized carbons (Fsp3) is 0.192. The number of carbonyl (C=O) groups is 3. The maximum Gasteiger partial charge on any atom is 0.335 e. The summed E-state index contributed by atoms with van der Waals surface area (Å²) in [6, 6.07) is 10.1. The van der Waals surface area contributed by atoms with E-state index in [4.69, 9.17) is 33.0 Å². The SMILES string of the molecule is COc1cc(C(F)F)cc(C)c1-c1ccc(C[C@H](NC(=O)c2c(Cl)cc(C(=O)O)cc2Cl)C(=O)O)cc1. The first kappa shape index (κ1) is 27.9. The minimum Gasteiger partial charge on any atom is -0.496 e. The molecule has 11 heteroatoms. The average Bonchev–Trinajstić information content (AvgIpc) is 2.83. The van der Waals surface area contributed by atoms with Crippen molar-refractivity contribution < 1.29 is 38.1 Å². The number of aromatic carboxylic acids is 1. The Morgan fingerprint density at radius 1 is 1.00 bits per heavy atom. The number of ether oxygens (including phenoxy) is 1. The van der Waals surface area contributed by atoms with E-state index in [1.807, 2.05) is 0 Å². The van der Waals surface area contributed by atoms with E-state index < -0.39 is 30.3 Å². The number of hydrogen-bond acceptors (Lipinski definition) is 4. The van der Waals surface area contributed by atoms with Crippen molar-refractivity contribution in [2.45, 2.75) is 25.8 Å². The molecule has 194 valence electrons. The Labute approximate surface area is 220 Å². The molecular formula is C26H21Cl2F2NO6. The van der Waals surface area contributed by atoms with E-state index in [2.05, 4.69) is 5.32 Å². The average molecular weight is 552 g/mol. The van der Waals surface area contributed by atoms with Gasteiger partial charge >= 0.3 is 11.9 Å². The molecule has 3 N–H and O–H groups in total. The van der Waals surface area contributed by atoms with Gasteiger partial charge in [-0.05, 0) is 47.9 Å². The molecule has 7 nitrogen and oxygen atoms in total. The lowest BCUT2D eigenvalue weighted by molar-refractivity contribution is -0.139. The molecule has 3 rings (SSSR count). The molecule has 1 atom stereocenters. The molecule has 0 aromatic heterocycles. The van der Waals surface area contributed by atoms with Gasteiger partial charge in [0.1, 0.15) is 11.8 Å². The summed E-state index contributed by atoms with van der Waals surface area (Å²) in [6.45, 7) is 1.69. The smallest absolute Gasteiger partial charge is 0.335 e. The van der Waals surface area contributed by atoms with Gasteiger partial charge in [0, 0.05) is 17.5 Å². The molecule has 0 aliphatic rings. The first-order valence-corrected chi connectivity index (χ1v) is 11.5. The first-order valence-electron chi connectivity index (χ1n) is 10.7. The van der Waals surface area contributed by atoms with Crippen molar-refractivity contribution >= 4 is 41.0 Å². The summed E-state index contributed by atoms with van der Waals surface area (Å²) in [7, 11) is 1.38. The van der Waals surface area contributed by atoms with Gasteiger partial charge in [-0.25, -0.2) is 18.4 Å². The van der Waals surface area contributed by atoms with E-state index in [1.165, 1.54) is 19.2 Å². The number of aliphatic carboxylic acids is 1. The second kappa shape index (κ2) is 11.6. The van der Waals surface area contributed by atoms with Crippen LogP contribution in [0, 0.1) is 6.92 Å². The number of rotatable bonds is 9. The number of nitrogens with one attached hydrogen (secondary N) is 1. The van der Waals surface area contributed by atoms with Gasteiger partial charge in [-0.15, -0.1) is 0 Å². The standard InChI is InChI=1S/C26H21Cl2F2NO6/c1-12-7-15(23(29)30)11-20(37-2)21(12)14-5-3-13(4-6-14)8-19(26(35)36)31-24(32)22-17(27)9-16(25(33)34)10-18(22)28/h3-7,9-11,19,23H,8H2,1-2H3,(H,31,32)(H,33,34)(H,35,36)/t19-/m0/s1. The molecule has 1 amide bonds. The zero-order chi connectivity index (χ0) is 27.4. The highest BCUT2D eigenvalue weighted by Crippen LogP contribution is 2.37. The third-order valence-electron chi connectivity index (χ3n) is 5.60. The molecule has 0 fully saturated rings. The summed E-state index contributed by atoms with van der Waals surface area (Å²) in [4.78, 5) is 35.7. The summed E-state index contributed by atoms with van der Waals surface area (Å²) < 4.78 is 31.6. The number of aryl methyl sites for hydroxylation is 1. The van der Waals surface area contributed by atoms with Crippen LogP contribution in [0.15, 0.2) is 48.5 Å². The van der Waals surface area contributed by atoms with Gasteiger partial charge in [-0.3, -0.25) is 4.79 Å². The molecule has 0 saturated carbocycles. The Kier molecular flexibility index (Phi) is 8.73. The molecule has 0 unspecified atom stereocenters. The molecule has 0 radical (unpaired) electrons. The van der Waals surface area contributed by atoms with E-state index in [9.17, 15) is 28.3 Å². The van der Waals surface area contributed by atoms with Crippen LogP contribution in [-0.4, -0.2) is 41.2 Å². The number of halogens is 4. The molecule has 37 heavy (non-hydrogen) atoms. The fourth-order valence-electron chi connectivity index (χ4n) is 3.83. The van der Waals surface area contributed by atoms with Crippen LogP contribution in [-0.2, 0) is 11.2 Å². The molecule has 0 heterocycles. The van der Waals surface area contributed by atoms with E-state index in [1.54, 1.807) is 31.2 Å². The van der Waals surface area contributed by atoms with Crippen molar-refractivity contribution in [3.8, 4) is 16.9 Å². The highest BCUT2D eigenvalue weighted by atomic mass is 35.5. The normalized spacial score (nSPS) is 11.8. The molecular weight excluding hydrogens is 531 g/mol. The lowest BCUT2D eigenvalue weighted by Crippen LogP contribution is -2.42. The van der Waals surface area contributed by atoms with Gasteiger partial charge in [-0.2, -0.15) is 0 Å². The molecule has 3 aromatic rings. The minimum atomic E-state index is -2.65. The molecule has 3 aromatic carbocycles. The Balaban J connectivity index is 1.83. The number of amides is 1. The van der Waals surface area contributed by atoms with Crippen LogP contribution in [0.3, 0.4) is 0 Å². The van der Waals surface area contributed by atoms with Crippen molar-refractivity contribution in [3.05, 3.63) is 86.4 Å². The zero-order valence-electron chi connectivity index (χ0n) is 19.5. The van der Waals surface area contributed by atoms with Gasteiger partial charge in [0.15, 0.2) is 0 Å². The van der Waals surface area contributed by atoms with Crippen LogP contribution in [0.5, 0.6) is 5.75 Å². The highest BCUT2D eigenvalue weighted by molar-refractivity contribution is 6.40. The van der Waals surface area contributed by atoms with E-state index in [-0.39, 0.29) is 38.9 Å². The number of carbonyl (C=O) groups excluding carboxylic acids is 1. The predicted molar refractivity (Wildman–Crippen MR) is 134 cm³/mol. The van der Waals surface area contributed by atoms with Crippen LogP contribution in [0.25, 0.3) is 11.1 Å². The Morgan fingerprint density at radius 3 is 2.08 bits per heavy atom. The number of benzene rings is 3. The predicted octanol–water partition coefficient (Wildman–Crippen LogP) is 6.04. The van der Waals surface area contributed by atoms with Gasteiger partial charge in [0.2, 0.25) is 0 Å². The molecule has 0 aliphatic carbocycles. The number of hydrogen-bond donors (Lipinski definition) is 3. The molecule has 0 saturated heterocycles. The number of alkyl halides is 2. The van der Waals surface area contributed by atoms with Crippen molar-refractivity contribution in [1.29, 1.82) is 0 Å². The number of methoxy groups -OCH3 is 1. The third-order valence-corrected chi connectivity index (χ3v) is 6.19. The Morgan fingerprint density at radius 2 is 1.59 bits per heavy atom. The lowest BCUT2D eigenvalue weighted by Gasteiger charge is -2.17.